The number of hydrogen-bond donors (Lipinski definition) is 1. The molecule has 0 bridgehead atoms. The van der Waals surface area contributed by atoms with E-state index in [1.54, 1.807) is 0 Å². The SMILES string of the molecule is O[C@H](OCC1CO1)c1ccccc1Br. The molecule has 0 saturated carbocycles. The molecule has 1 unspecified atom stereocenters. The fourth-order valence-electron chi connectivity index (χ4n) is 1.13. The number of halogens is 1. The van der Waals surface area contributed by atoms with Crippen LogP contribution in [0, 0.1) is 0 Å². The predicted molar refractivity (Wildman–Crippen MR) is 54.8 cm³/mol. The molecule has 1 fully saturated rings. The van der Waals surface area contributed by atoms with Crippen molar-refractivity contribution >= 4 is 15.9 Å². The van der Waals surface area contributed by atoms with Crippen molar-refractivity contribution < 1.29 is 14.6 Å². The highest BCUT2D eigenvalue weighted by Crippen LogP contribution is 2.24. The first-order valence-corrected chi connectivity index (χ1v) is 5.22. The van der Waals surface area contributed by atoms with Crippen LogP contribution in [0.4, 0.5) is 0 Å². The van der Waals surface area contributed by atoms with Crippen molar-refractivity contribution in [3.05, 3.63) is 34.3 Å². The molecule has 1 aliphatic rings. The molecule has 14 heavy (non-hydrogen) atoms. The Hall–Kier alpha value is -0.420. The molecule has 76 valence electrons. The maximum absolute atomic E-state index is 9.67. The minimum atomic E-state index is -0.880. The summed E-state index contributed by atoms with van der Waals surface area (Å²) in [5.74, 6) is 0. The lowest BCUT2D eigenvalue weighted by molar-refractivity contribution is -0.107. The number of ether oxygens (including phenoxy) is 2. The number of hydrogen-bond acceptors (Lipinski definition) is 3. The van der Waals surface area contributed by atoms with Gasteiger partial charge >= 0.3 is 0 Å². The summed E-state index contributed by atoms with van der Waals surface area (Å²) in [5, 5.41) is 9.67. The summed E-state index contributed by atoms with van der Waals surface area (Å²) in [5.41, 5.74) is 0.744. The van der Waals surface area contributed by atoms with E-state index in [9.17, 15) is 5.11 Å². The number of epoxide rings is 1. The zero-order valence-electron chi connectivity index (χ0n) is 7.52. The van der Waals surface area contributed by atoms with Crippen LogP contribution in [0.3, 0.4) is 0 Å². The topological polar surface area (TPSA) is 42.0 Å². The van der Waals surface area contributed by atoms with Crippen LogP contribution < -0.4 is 0 Å². The monoisotopic (exact) mass is 258 g/mol. The molecule has 1 saturated heterocycles. The predicted octanol–water partition coefficient (Wildman–Crippen LogP) is 1.86. The van der Waals surface area contributed by atoms with Crippen LogP contribution >= 0.6 is 15.9 Å². The van der Waals surface area contributed by atoms with Crippen molar-refractivity contribution in [2.75, 3.05) is 13.2 Å². The van der Waals surface area contributed by atoms with E-state index < -0.39 is 6.29 Å². The number of rotatable bonds is 4. The van der Waals surface area contributed by atoms with Crippen molar-refractivity contribution in [1.29, 1.82) is 0 Å². The third kappa shape index (κ3) is 2.54. The maximum atomic E-state index is 9.67. The molecular weight excluding hydrogens is 248 g/mol. The molecule has 0 aromatic heterocycles. The molecule has 1 heterocycles. The molecule has 1 aromatic carbocycles. The molecule has 1 aliphatic heterocycles. The summed E-state index contributed by atoms with van der Waals surface area (Å²) in [6.07, 6.45) is -0.707. The molecular formula is C10H11BrO3. The van der Waals surface area contributed by atoms with Gasteiger partial charge < -0.3 is 14.6 Å². The summed E-state index contributed by atoms with van der Waals surface area (Å²) in [7, 11) is 0. The van der Waals surface area contributed by atoms with Crippen molar-refractivity contribution in [2.24, 2.45) is 0 Å². The van der Waals surface area contributed by atoms with Gasteiger partial charge in [0.05, 0.1) is 13.2 Å². The van der Waals surface area contributed by atoms with E-state index in [1.807, 2.05) is 24.3 Å². The lowest BCUT2D eigenvalue weighted by atomic mass is 10.2. The summed E-state index contributed by atoms with van der Waals surface area (Å²) in [6.45, 7) is 1.19. The Morgan fingerprint density at radius 3 is 2.93 bits per heavy atom. The van der Waals surface area contributed by atoms with E-state index in [4.69, 9.17) is 9.47 Å². The van der Waals surface area contributed by atoms with Crippen LogP contribution in [0.25, 0.3) is 0 Å². The molecule has 0 amide bonds. The standard InChI is InChI=1S/C10H11BrO3/c11-9-4-2-1-3-8(9)10(12)14-6-7-5-13-7/h1-4,7,10,12H,5-6H2/t7?,10-/m1/s1. The second-order valence-electron chi connectivity index (χ2n) is 3.16. The molecule has 0 aliphatic carbocycles. The van der Waals surface area contributed by atoms with Gasteiger partial charge in [-0.15, -0.1) is 0 Å². The van der Waals surface area contributed by atoms with Gasteiger partial charge in [-0.3, -0.25) is 0 Å². The summed E-state index contributed by atoms with van der Waals surface area (Å²) >= 11 is 3.35. The zero-order valence-corrected chi connectivity index (χ0v) is 9.11. The van der Waals surface area contributed by atoms with Crippen molar-refractivity contribution in [2.45, 2.75) is 12.4 Å². The zero-order chi connectivity index (χ0) is 9.97. The molecule has 2 atom stereocenters. The number of aliphatic hydroxyl groups is 1. The smallest absolute Gasteiger partial charge is 0.182 e. The average Bonchev–Trinajstić information content (AvgIpc) is 2.98. The van der Waals surface area contributed by atoms with Gasteiger partial charge in [-0.2, -0.15) is 0 Å². The summed E-state index contributed by atoms with van der Waals surface area (Å²) in [6, 6.07) is 7.45. The highest BCUT2D eigenvalue weighted by molar-refractivity contribution is 9.10. The Morgan fingerprint density at radius 2 is 2.29 bits per heavy atom. The van der Waals surface area contributed by atoms with Gasteiger partial charge in [0.15, 0.2) is 6.29 Å². The Morgan fingerprint density at radius 1 is 1.57 bits per heavy atom. The normalized spacial score (nSPS) is 22.0. The molecule has 3 nitrogen and oxygen atoms in total. The van der Waals surface area contributed by atoms with Crippen LogP contribution in [0.5, 0.6) is 0 Å². The van der Waals surface area contributed by atoms with Crippen LogP contribution in [0.2, 0.25) is 0 Å². The highest BCUT2D eigenvalue weighted by Gasteiger charge is 2.24. The summed E-state index contributed by atoms with van der Waals surface area (Å²) < 4.78 is 11.1. The van der Waals surface area contributed by atoms with Gasteiger partial charge in [0, 0.05) is 10.0 Å². The van der Waals surface area contributed by atoms with Crippen molar-refractivity contribution in [1.82, 2.24) is 0 Å². The highest BCUT2D eigenvalue weighted by atomic mass is 79.9. The minimum Gasteiger partial charge on any atom is -0.371 e. The van der Waals surface area contributed by atoms with Crippen molar-refractivity contribution in [3.8, 4) is 0 Å². The van der Waals surface area contributed by atoms with Crippen LogP contribution in [-0.4, -0.2) is 24.4 Å². The first-order valence-electron chi connectivity index (χ1n) is 4.43. The molecule has 1 aromatic rings. The Balaban J connectivity index is 1.95. The van der Waals surface area contributed by atoms with Crippen LogP contribution in [-0.2, 0) is 9.47 Å². The van der Waals surface area contributed by atoms with Gasteiger partial charge in [-0.25, -0.2) is 0 Å². The lowest BCUT2D eigenvalue weighted by Gasteiger charge is -2.12. The van der Waals surface area contributed by atoms with Gasteiger partial charge in [0.1, 0.15) is 6.10 Å². The fourth-order valence-corrected chi connectivity index (χ4v) is 1.61. The quantitative estimate of drug-likeness (QED) is 0.662. The fraction of sp³-hybridized carbons (Fsp3) is 0.400. The van der Waals surface area contributed by atoms with E-state index in [1.165, 1.54) is 0 Å². The summed E-state index contributed by atoms with van der Waals surface area (Å²) in [4.78, 5) is 0. The Labute approximate surface area is 90.8 Å². The third-order valence-electron chi connectivity index (χ3n) is 2.01. The van der Waals surface area contributed by atoms with E-state index in [0.29, 0.717) is 6.61 Å². The first kappa shape index (κ1) is 10.1. The van der Waals surface area contributed by atoms with E-state index >= 15 is 0 Å². The number of benzene rings is 1. The van der Waals surface area contributed by atoms with E-state index in [2.05, 4.69) is 15.9 Å². The van der Waals surface area contributed by atoms with Crippen LogP contribution in [0.15, 0.2) is 28.7 Å². The number of aliphatic hydroxyl groups excluding tert-OH is 1. The molecule has 1 N–H and O–H groups in total. The van der Waals surface area contributed by atoms with Gasteiger partial charge in [-0.05, 0) is 6.07 Å². The van der Waals surface area contributed by atoms with Gasteiger partial charge in [0.2, 0.25) is 0 Å². The minimum absolute atomic E-state index is 0.173. The Bertz CT molecular complexity index is 312. The molecule has 0 spiro atoms. The Kier molecular flexibility index (Phi) is 3.18. The van der Waals surface area contributed by atoms with Gasteiger partial charge in [0.25, 0.3) is 0 Å². The average molecular weight is 259 g/mol. The second kappa shape index (κ2) is 4.40. The van der Waals surface area contributed by atoms with E-state index in [0.717, 1.165) is 16.6 Å². The molecule has 4 heteroatoms. The van der Waals surface area contributed by atoms with Crippen molar-refractivity contribution in [3.63, 3.8) is 0 Å². The van der Waals surface area contributed by atoms with Crippen LogP contribution in [0.1, 0.15) is 11.9 Å². The lowest BCUT2D eigenvalue weighted by Crippen LogP contribution is -2.08. The largest absolute Gasteiger partial charge is 0.371 e. The molecule has 2 rings (SSSR count). The third-order valence-corrected chi connectivity index (χ3v) is 2.74. The maximum Gasteiger partial charge on any atom is 0.182 e. The van der Waals surface area contributed by atoms with Gasteiger partial charge in [-0.1, -0.05) is 34.1 Å². The van der Waals surface area contributed by atoms with E-state index in [-0.39, 0.29) is 6.10 Å². The second-order valence-corrected chi connectivity index (χ2v) is 4.02. The first-order chi connectivity index (χ1) is 6.77. The molecule has 0 radical (unpaired) electrons.